The number of methoxy groups -OCH3 is 1. The van der Waals surface area contributed by atoms with Crippen molar-refractivity contribution in [1.82, 2.24) is 19.7 Å². The molecule has 2 aromatic rings. The maximum atomic E-state index is 5.98. The molecule has 0 radical (unpaired) electrons. The number of nitrogens with two attached hydrogens (primary N) is 1. The third-order valence-electron chi connectivity index (χ3n) is 6.14. The average molecular weight is 370 g/mol. The minimum absolute atomic E-state index is 0.322. The molecule has 1 aliphatic heterocycles. The Hall–Kier alpha value is -1.76. The van der Waals surface area contributed by atoms with E-state index in [-0.39, 0.29) is 0 Å². The molecular weight excluding hydrogens is 338 g/mol. The first kappa shape index (κ1) is 18.6. The first-order valence-electron chi connectivity index (χ1n) is 10.2. The molecular formula is C21H31N5O. The Bertz CT molecular complexity index is 717. The average Bonchev–Trinajstić information content (AvgIpc) is 3.07. The van der Waals surface area contributed by atoms with Gasteiger partial charge in [0.15, 0.2) is 0 Å². The van der Waals surface area contributed by atoms with Gasteiger partial charge in [-0.15, -0.1) is 10.2 Å². The molecule has 2 N–H and O–H groups in total. The van der Waals surface area contributed by atoms with Crippen LogP contribution >= 0.6 is 0 Å². The van der Waals surface area contributed by atoms with Gasteiger partial charge in [-0.05, 0) is 50.3 Å². The predicted octanol–water partition coefficient (Wildman–Crippen LogP) is 2.51. The molecule has 2 heterocycles. The van der Waals surface area contributed by atoms with Crippen molar-refractivity contribution < 1.29 is 4.74 Å². The third kappa shape index (κ3) is 4.23. The fraction of sp³-hybridized carbons (Fsp3) is 0.619. The van der Waals surface area contributed by atoms with E-state index in [1.165, 1.54) is 18.4 Å². The van der Waals surface area contributed by atoms with Crippen LogP contribution in [0.2, 0.25) is 0 Å². The van der Waals surface area contributed by atoms with Gasteiger partial charge in [-0.25, -0.2) is 0 Å². The van der Waals surface area contributed by atoms with E-state index in [4.69, 9.17) is 10.5 Å². The van der Waals surface area contributed by atoms with Gasteiger partial charge in [0.1, 0.15) is 11.6 Å². The Morgan fingerprint density at radius 2 is 1.81 bits per heavy atom. The van der Waals surface area contributed by atoms with Gasteiger partial charge < -0.3 is 15.0 Å². The zero-order chi connectivity index (χ0) is 18.6. The first-order chi connectivity index (χ1) is 13.2. The monoisotopic (exact) mass is 369 g/mol. The second-order valence-electron chi connectivity index (χ2n) is 8.01. The summed E-state index contributed by atoms with van der Waals surface area (Å²) in [6, 6.07) is 11.2. The highest BCUT2D eigenvalue weighted by atomic mass is 16.5. The van der Waals surface area contributed by atoms with Gasteiger partial charge in [0.05, 0.1) is 13.2 Å². The molecule has 1 saturated heterocycles. The Morgan fingerprint density at radius 1 is 1.07 bits per heavy atom. The standard InChI is InChI=1S/C21H31N5O/c1-27-12-11-26-20(23-24-21(26)18-13-19(22)14-18)15-25-9-7-17(8-10-25)16-5-3-2-4-6-16/h2-6,17-19H,7-15,22H2,1H3. The topological polar surface area (TPSA) is 69.2 Å². The van der Waals surface area contributed by atoms with E-state index in [2.05, 4.69) is 50.0 Å². The van der Waals surface area contributed by atoms with Gasteiger partial charge in [0, 0.05) is 25.6 Å². The minimum atomic E-state index is 0.322. The highest BCUT2D eigenvalue weighted by Gasteiger charge is 2.32. The molecule has 0 spiro atoms. The van der Waals surface area contributed by atoms with Crippen molar-refractivity contribution >= 4 is 0 Å². The molecule has 6 heteroatoms. The first-order valence-corrected chi connectivity index (χ1v) is 10.2. The number of aromatic nitrogens is 3. The molecule has 6 nitrogen and oxygen atoms in total. The SMILES string of the molecule is COCCn1c(CN2CCC(c3ccccc3)CC2)nnc1C1CC(N)C1. The summed E-state index contributed by atoms with van der Waals surface area (Å²) in [4.78, 5) is 2.52. The molecule has 2 fully saturated rings. The maximum absolute atomic E-state index is 5.98. The number of piperidine rings is 1. The molecule has 0 unspecified atom stereocenters. The molecule has 0 bridgehead atoms. The molecule has 1 aromatic heterocycles. The lowest BCUT2D eigenvalue weighted by Gasteiger charge is -2.33. The molecule has 27 heavy (non-hydrogen) atoms. The summed E-state index contributed by atoms with van der Waals surface area (Å²) in [6.07, 6.45) is 4.46. The highest BCUT2D eigenvalue weighted by molar-refractivity contribution is 5.20. The predicted molar refractivity (Wildman–Crippen MR) is 106 cm³/mol. The molecule has 1 aromatic carbocycles. The van der Waals surface area contributed by atoms with Crippen molar-refractivity contribution in [3.8, 4) is 0 Å². The molecule has 146 valence electrons. The summed E-state index contributed by atoms with van der Waals surface area (Å²) in [7, 11) is 1.75. The number of hydrogen-bond donors (Lipinski definition) is 1. The number of hydrogen-bond acceptors (Lipinski definition) is 5. The van der Waals surface area contributed by atoms with E-state index >= 15 is 0 Å². The fourth-order valence-electron chi connectivity index (χ4n) is 4.42. The van der Waals surface area contributed by atoms with Crippen LogP contribution in [0.25, 0.3) is 0 Å². The van der Waals surface area contributed by atoms with Gasteiger partial charge in [0.25, 0.3) is 0 Å². The van der Waals surface area contributed by atoms with Crippen LogP contribution in [0.1, 0.15) is 54.7 Å². The molecule has 1 aliphatic carbocycles. The Labute approximate surface area is 161 Å². The maximum Gasteiger partial charge on any atom is 0.147 e. The van der Waals surface area contributed by atoms with Gasteiger partial charge in [0.2, 0.25) is 0 Å². The van der Waals surface area contributed by atoms with Crippen molar-refractivity contribution in [3.05, 3.63) is 47.5 Å². The second kappa shape index (κ2) is 8.50. The van der Waals surface area contributed by atoms with Crippen LogP contribution in [0.3, 0.4) is 0 Å². The lowest BCUT2D eigenvalue weighted by Crippen LogP contribution is -2.37. The largest absolute Gasteiger partial charge is 0.383 e. The molecule has 0 amide bonds. The number of nitrogens with zero attached hydrogens (tertiary/aromatic N) is 4. The van der Waals surface area contributed by atoms with E-state index in [1.54, 1.807) is 7.11 Å². The summed E-state index contributed by atoms with van der Waals surface area (Å²) in [5.74, 6) is 3.31. The Morgan fingerprint density at radius 3 is 2.48 bits per heavy atom. The fourth-order valence-corrected chi connectivity index (χ4v) is 4.42. The number of ether oxygens (including phenoxy) is 1. The van der Waals surface area contributed by atoms with Crippen molar-refractivity contribution in [2.24, 2.45) is 5.73 Å². The summed E-state index contributed by atoms with van der Waals surface area (Å²) in [6.45, 7) is 4.60. The normalized spacial score (nSPS) is 24.1. The molecule has 1 saturated carbocycles. The number of benzene rings is 1. The summed E-state index contributed by atoms with van der Waals surface area (Å²) >= 11 is 0. The van der Waals surface area contributed by atoms with E-state index in [0.29, 0.717) is 24.5 Å². The van der Waals surface area contributed by atoms with Crippen molar-refractivity contribution in [3.63, 3.8) is 0 Å². The quantitative estimate of drug-likeness (QED) is 0.812. The Kier molecular flexibility index (Phi) is 5.86. The smallest absolute Gasteiger partial charge is 0.147 e. The van der Waals surface area contributed by atoms with Crippen molar-refractivity contribution in [2.45, 2.75) is 56.7 Å². The van der Waals surface area contributed by atoms with Crippen molar-refractivity contribution in [2.75, 3.05) is 26.8 Å². The van der Waals surface area contributed by atoms with Crippen molar-refractivity contribution in [1.29, 1.82) is 0 Å². The lowest BCUT2D eigenvalue weighted by molar-refractivity contribution is 0.175. The van der Waals surface area contributed by atoms with Gasteiger partial charge in [-0.2, -0.15) is 0 Å². The summed E-state index contributed by atoms with van der Waals surface area (Å²) in [5.41, 5.74) is 7.46. The lowest BCUT2D eigenvalue weighted by atomic mass is 9.80. The van der Waals surface area contributed by atoms with Crippen LogP contribution in [-0.4, -0.2) is 52.5 Å². The van der Waals surface area contributed by atoms with Gasteiger partial charge in [-0.3, -0.25) is 4.90 Å². The zero-order valence-corrected chi connectivity index (χ0v) is 16.3. The van der Waals surface area contributed by atoms with E-state index in [1.807, 2.05) is 0 Å². The van der Waals surface area contributed by atoms with Crippen LogP contribution in [-0.2, 0) is 17.8 Å². The highest BCUT2D eigenvalue weighted by Crippen LogP contribution is 2.35. The van der Waals surface area contributed by atoms with E-state index in [9.17, 15) is 0 Å². The molecule has 0 atom stereocenters. The molecule has 2 aliphatic rings. The second-order valence-corrected chi connectivity index (χ2v) is 8.01. The van der Waals surface area contributed by atoms with Crippen LogP contribution in [0.5, 0.6) is 0 Å². The van der Waals surface area contributed by atoms with Crippen LogP contribution in [0, 0.1) is 0 Å². The van der Waals surface area contributed by atoms with Gasteiger partial charge in [-0.1, -0.05) is 30.3 Å². The van der Waals surface area contributed by atoms with Gasteiger partial charge >= 0.3 is 0 Å². The molecule has 4 rings (SSSR count). The summed E-state index contributed by atoms with van der Waals surface area (Å²) < 4.78 is 7.60. The van der Waals surface area contributed by atoms with E-state index < -0.39 is 0 Å². The van der Waals surface area contributed by atoms with Crippen LogP contribution in [0.4, 0.5) is 0 Å². The van der Waals surface area contributed by atoms with E-state index in [0.717, 1.165) is 50.7 Å². The number of likely N-dealkylation sites (tertiary alicyclic amines) is 1. The minimum Gasteiger partial charge on any atom is -0.383 e. The number of rotatable bonds is 7. The van der Waals surface area contributed by atoms with Crippen LogP contribution in [0.15, 0.2) is 30.3 Å². The van der Waals surface area contributed by atoms with Crippen LogP contribution < -0.4 is 5.73 Å². The summed E-state index contributed by atoms with van der Waals surface area (Å²) in [5, 5.41) is 9.07. The Balaban J connectivity index is 1.39. The zero-order valence-electron chi connectivity index (χ0n) is 16.3. The third-order valence-corrected chi connectivity index (χ3v) is 6.14.